The molecule has 0 bridgehead atoms. The summed E-state index contributed by atoms with van der Waals surface area (Å²) in [5.74, 6) is 0. The third-order valence-electron chi connectivity index (χ3n) is 4.45. The number of hydrogen-bond donors (Lipinski definition) is 1. The molecule has 7 nitrogen and oxygen atoms in total. The second-order valence-electron chi connectivity index (χ2n) is 6.50. The van der Waals surface area contributed by atoms with Crippen LogP contribution in [0.5, 0.6) is 0 Å². The van der Waals surface area contributed by atoms with Gasteiger partial charge in [0, 0.05) is 35.9 Å². The van der Waals surface area contributed by atoms with Crippen LogP contribution in [0.2, 0.25) is 0 Å². The Bertz CT molecular complexity index is 1240. The van der Waals surface area contributed by atoms with Gasteiger partial charge in [-0.3, -0.25) is 19.3 Å². The highest BCUT2D eigenvalue weighted by molar-refractivity contribution is 5.93. The predicted molar refractivity (Wildman–Crippen MR) is 102 cm³/mol. The Morgan fingerprint density at radius 3 is 2.33 bits per heavy atom. The highest BCUT2D eigenvalue weighted by atomic mass is 19.4. The maximum Gasteiger partial charge on any atom is 0.416 e. The van der Waals surface area contributed by atoms with Crippen LogP contribution in [0.15, 0.2) is 66.2 Å². The molecule has 4 aromatic rings. The zero-order valence-corrected chi connectivity index (χ0v) is 15.3. The fraction of sp³-hybridized carbons (Fsp3) is 0.150. The number of nitrogens with zero attached hydrogens (tertiary/aromatic N) is 5. The van der Waals surface area contributed by atoms with Gasteiger partial charge < -0.3 is 5.11 Å². The number of hydrogen-bond acceptors (Lipinski definition) is 6. The average Bonchev–Trinajstić information content (AvgIpc) is 2.75. The smallest absolute Gasteiger partial charge is 0.382 e. The van der Waals surface area contributed by atoms with E-state index in [4.69, 9.17) is 0 Å². The maximum atomic E-state index is 12.9. The van der Waals surface area contributed by atoms with E-state index in [1.54, 1.807) is 49.1 Å². The van der Waals surface area contributed by atoms with E-state index in [-0.39, 0.29) is 10.9 Å². The van der Waals surface area contributed by atoms with Crippen molar-refractivity contribution in [3.63, 3.8) is 0 Å². The van der Waals surface area contributed by atoms with Crippen molar-refractivity contribution in [3.8, 4) is 22.5 Å². The minimum absolute atomic E-state index is 0.0691. The molecular weight excluding hydrogens is 399 g/mol. The minimum Gasteiger partial charge on any atom is -0.382 e. The molecule has 0 radical (unpaired) electrons. The van der Waals surface area contributed by atoms with E-state index in [0.717, 1.165) is 10.9 Å². The van der Waals surface area contributed by atoms with E-state index in [9.17, 15) is 23.1 Å². The third-order valence-corrected chi connectivity index (χ3v) is 4.45. The van der Waals surface area contributed by atoms with Gasteiger partial charge in [-0.1, -0.05) is 0 Å². The number of aliphatic hydroxyl groups is 1. The Labute approximate surface area is 167 Å². The van der Waals surface area contributed by atoms with Crippen LogP contribution in [-0.4, -0.2) is 41.9 Å². The van der Waals surface area contributed by atoms with Crippen molar-refractivity contribution in [2.75, 3.05) is 0 Å². The molecule has 0 spiro atoms. The van der Waals surface area contributed by atoms with Gasteiger partial charge in [0.05, 0.1) is 29.6 Å². The predicted octanol–water partition coefficient (Wildman–Crippen LogP) is 2.84. The van der Waals surface area contributed by atoms with Gasteiger partial charge in [-0.05, 0) is 30.3 Å². The van der Waals surface area contributed by atoms with Crippen molar-refractivity contribution < 1.29 is 18.3 Å². The van der Waals surface area contributed by atoms with E-state index in [0.29, 0.717) is 22.5 Å². The SMILES string of the molecule is O=c1c2cc(-c3cccnc3)nc(-c3cccnc3)c2ncn1CC(O)C(F)(F)F. The molecule has 152 valence electrons. The molecule has 0 aliphatic carbocycles. The fourth-order valence-electron chi connectivity index (χ4n) is 2.95. The second kappa shape index (κ2) is 7.64. The van der Waals surface area contributed by atoms with Gasteiger partial charge >= 0.3 is 6.18 Å². The average molecular weight is 413 g/mol. The highest BCUT2D eigenvalue weighted by Gasteiger charge is 2.38. The summed E-state index contributed by atoms with van der Waals surface area (Å²) in [6.07, 6.45) is -0.292. The summed E-state index contributed by atoms with van der Waals surface area (Å²) >= 11 is 0. The molecule has 1 unspecified atom stereocenters. The van der Waals surface area contributed by atoms with Crippen molar-refractivity contribution in [1.82, 2.24) is 24.5 Å². The van der Waals surface area contributed by atoms with Crippen molar-refractivity contribution in [3.05, 3.63) is 71.8 Å². The number of pyridine rings is 3. The Morgan fingerprint density at radius 1 is 1.07 bits per heavy atom. The highest BCUT2D eigenvalue weighted by Crippen LogP contribution is 2.28. The topological polar surface area (TPSA) is 93.8 Å². The van der Waals surface area contributed by atoms with Gasteiger partial charge in [-0.15, -0.1) is 0 Å². The van der Waals surface area contributed by atoms with Crippen LogP contribution >= 0.6 is 0 Å². The zero-order valence-electron chi connectivity index (χ0n) is 15.3. The first-order valence-corrected chi connectivity index (χ1v) is 8.80. The van der Waals surface area contributed by atoms with Gasteiger partial charge in [0.2, 0.25) is 0 Å². The lowest BCUT2D eigenvalue weighted by Crippen LogP contribution is -2.36. The molecule has 1 atom stereocenters. The van der Waals surface area contributed by atoms with Gasteiger partial charge in [0.15, 0.2) is 6.10 Å². The Balaban J connectivity index is 1.95. The third kappa shape index (κ3) is 3.77. The van der Waals surface area contributed by atoms with E-state index in [1.807, 2.05) is 0 Å². The molecule has 0 aliphatic rings. The molecule has 0 saturated carbocycles. The monoisotopic (exact) mass is 413 g/mol. The van der Waals surface area contributed by atoms with Crippen LogP contribution in [-0.2, 0) is 6.54 Å². The molecule has 0 aliphatic heterocycles. The summed E-state index contributed by atoms with van der Waals surface area (Å²) in [6.45, 7) is -0.960. The first kappa shape index (κ1) is 19.6. The number of rotatable bonds is 4. The van der Waals surface area contributed by atoms with Crippen molar-refractivity contribution in [2.45, 2.75) is 18.8 Å². The number of alkyl halides is 3. The normalized spacial score (nSPS) is 12.8. The lowest BCUT2D eigenvalue weighted by molar-refractivity contribution is -0.207. The van der Waals surface area contributed by atoms with Crippen LogP contribution < -0.4 is 5.56 Å². The van der Waals surface area contributed by atoms with Gasteiger partial charge in [0.25, 0.3) is 5.56 Å². The zero-order chi connectivity index (χ0) is 21.3. The molecule has 4 heterocycles. The number of halogens is 3. The van der Waals surface area contributed by atoms with Crippen LogP contribution in [0, 0.1) is 0 Å². The van der Waals surface area contributed by atoms with Crippen LogP contribution in [0.1, 0.15) is 0 Å². The van der Waals surface area contributed by atoms with E-state index >= 15 is 0 Å². The van der Waals surface area contributed by atoms with Gasteiger partial charge in [-0.2, -0.15) is 13.2 Å². The van der Waals surface area contributed by atoms with E-state index in [2.05, 4.69) is 19.9 Å². The number of aromatic nitrogens is 5. The van der Waals surface area contributed by atoms with Crippen LogP contribution in [0.3, 0.4) is 0 Å². The summed E-state index contributed by atoms with van der Waals surface area (Å²) in [5, 5.41) is 9.43. The molecule has 0 amide bonds. The number of fused-ring (bicyclic) bond motifs is 1. The fourth-order valence-corrected chi connectivity index (χ4v) is 2.95. The van der Waals surface area contributed by atoms with Gasteiger partial charge in [0.1, 0.15) is 5.52 Å². The molecule has 0 fully saturated rings. The minimum atomic E-state index is -4.85. The first-order valence-electron chi connectivity index (χ1n) is 8.80. The summed E-state index contributed by atoms with van der Waals surface area (Å²) < 4.78 is 39.0. The summed E-state index contributed by atoms with van der Waals surface area (Å²) in [4.78, 5) is 29.8. The summed E-state index contributed by atoms with van der Waals surface area (Å²) in [6, 6.07) is 8.34. The second-order valence-corrected chi connectivity index (χ2v) is 6.50. The Hall–Kier alpha value is -3.66. The molecule has 4 rings (SSSR count). The molecule has 30 heavy (non-hydrogen) atoms. The standard InChI is InChI=1S/C20H14F3N5O2/c21-20(22,23)16(29)10-28-11-26-18-14(19(28)30)7-15(12-3-1-5-24-8-12)27-17(18)13-4-2-6-25-9-13/h1-9,11,16,29H,10H2. The molecule has 0 saturated heterocycles. The summed E-state index contributed by atoms with van der Waals surface area (Å²) in [5.41, 5.74) is 1.48. The van der Waals surface area contributed by atoms with Crippen molar-refractivity contribution >= 4 is 10.9 Å². The molecule has 0 aromatic carbocycles. The Morgan fingerprint density at radius 2 is 1.73 bits per heavy atom. The van der Waals surface area contributed by atoms with Crippen LogP contribution in [0.4, 0.5) is 13.2 Å². The number of aliphatic hydroxyl groups excluding tert-OH is 1. The molecule has 4 aromatic heterocycles. The van der Waals surface area contributed by atoms with Crippen LogP contribution in [0.25, 0.3) is 33.4 Å². The summed E-state index contributed by atoms with van der Waals surface area (Å²) in [7, 11) is 0. The maximum absolute atomic E-state index is 12.9. The van der Waals surface area contributed by atoms with E-state index < -0.39 is 24.4 Å². The van der Waals surface area contributed by atoms with E-state index in [1.165, 1.54) is 6.07 Å². The molecular formula is C20H14F3N5O2. The molecule has 1 N–H and O–H groups in total. The largest absolute Gasteiger partial charge is 0.416 e. The quantitative estimate of drug-likeness (QED) is 0.553. The molecule has 10 heteroatoms. The van der Waals surface area contributed by atoms with Crippen molar-refractivity contribution in [2.24, 2.45) is 0 Å². The lowest BCUT2D eigenvalue weighted by atomic mass is 10.1. The Kier molecular flexibility index (Phi) is 5.00. The van der Waals surface area contributed by atoms with Gasteiger partial charge in [-0.25, -0.2) is 9.97 Å². The van der Waals surface area contributed by atoms with Crippen molar-refractivity contribution in [1.29, 1.82) is 0 Å². The first-order chi connectivity index (χ1) is 14.3. The lowest BCUT2D eigenvalue weighted by Gasteiger charge is -2.16.